The number of carbonyl (C=O) groups excluding carboxylic acids is 1. The molecule has 0 bridgehead atoms. The van der Waals surface area contributed by atoms with E-state index in [2.05, 4.69) is 10.2 Å². The van der Waals surface area contributed by atoms with Gasteiger partial charge in [-0.05, 0) is 56.4 Å². The molecule has 8 heteroatoms. The molecule has 27 heavy (non-hydrogen) atoms. The first-order chi connectivity index (χ1) is 12.9. The van der Waals surface area contributed by atoms with E-state index in [0.29, 0.717) is 19.4 Å². The van der Waals surface area contributed by atoms with Crippen molar-refractivity contribution in [1.29, 1.82) is 0 Å². The first-order valence-electron chi connectivity index (χ1n) is 9.71. The molecular weight excluding hydrogens is 364 g/mol. The van der Waals surface area contributed by atoms with Crippen molar-refractivity contribution in [1.82, 2.24) is 8.61 Å². The van der Waals surface area contributed by atoms with Gasteiger partial charge in [-0.15, -0.1) is 0 Å². The van der Waals surface area contributed by atoms with Gasteiger partial charge in [0.2, 0.25) is 5.91 Å². The lowest BCUT2D eigenvalue weighted by atomic mass is 9.98. The smallest absolute Gasteiger partial charge is 0.281 e. The predicted molar refractivity (Wildman–Crippen MR) is 108 cm³/mol. The lowest BCUT2D eigenvalue weighted by Crippen LogP contribution is -2.47. The number of amides is 1. The summed E-state index contributed by atoms with van der Waals surface area (Å²) in [6.45, 7) is 2.88. The van der Waals surface area contributed by atoms with Crippen LogP contribution in [-0.2, 0) is 15.0 Å². The summed E-state index contributed by atoms with van der Waals surface area (Å²) < 4.78 is 27.2. The van der Waals surface area contributed by atoms with Gasteiger partial charge in [-0.3, -0.25) is 4.79 Å². The molecule has 1 amide bonds. The Morgan fingerprint density at radius 3 is 2.33 bits per heavy atom. The Balaban J connectivity index is 1.59. The summed E-state index contributed by atoms with van der Waals surface area (Å²) in [6, 6.07) is 7.95. The zero-order valence-electron chi connectivity index (χ0n) is 16.2. The van der Waals surface area contributed by atoms with E-state index in [0.717, 1.165) is 18.8 Å². The molecule has 1 aromatic carbocycles. The second kappa shape index (κ2) is 8.58. The molecule has 2 aliphatic rings. The molecule has 0 spiro atoms. The fourth-order valence-electron chi connectivity index (χ4n) is 3.75. The molecule has 2 aliphatic heterocycles. The van der Waals surface area contributed by atoms with E-state index in [1.165, 1.54) is 47.7 Å². The number of piperidine rings is 2. The molecule has 7 nitrogen and oxygen atoms in total. The van der Waals surface area contributed by atoms with Crippen LogP contribution < -0.4 is 10.2 Å². The molecule has 0 aromatic heterocycles. The molecule has 1 aromatic rings. The largest absolute Gasteiger partial charge is 0.372 e. The van der Waals surface area contributed by atoms with Gasteiger partial charge in [0.25, 0.3) is 10.2 Å². The Morgan fingerprint density at radius 2 is 1.70 bits per heavy atom. The Morgan fingerprint density at radius 1 is 1.04 bits per heavy atom. The lowest BCUT2D eigenvalue weighted by Gasteiger charge is -2.32. The van der Waals surface area contributed by atoms with E-state index >= 15 is 0 Å². The molecule has 150 valence electrons. The van der Waals surface area contributed by atoms with Crippen LogP contribution >= 0.6 is 0 Å². The number of anilines is 2. The number of benzene rings is 1. The van der Waals surface area contributed by atoms with Gasteiger partial charge in [-0.1, -0.05) is 0 Å². The SMILES string of the molecule is CN(C)S(=O)(=O)N1CCCC(C(=O)Nc2ccc(N3CCCCC3)cc2)C1. The van der Waals surface area contributed by atoms with Crippen LogP contribution in [0.15, 0.2) is 24.3 Å². The van der Waals surface area contributed by atoms with E-state index < -0.39 is 10.2 Å². The molecule has 0 aliphatic carbocycles. The maximum atomic E-state index is 12.6. The van der Waals surface area contributed by atoms with Gasteiger partial charge < -0.3 is 10.2 Å². The lowest BCUT2D eigenvalue weighted by molar-refractivity contribution is -0.120. The number of nitrogens with one attached hydrogen (secondary N) is 1. The maximum absolute atomic E-state index is 12.6. The number of hydrogen-bond acceptors (Lipinski definition) is 4. The first-order valence-corrected chi connectivity index (χ1v) is 11.1. The van der Waals surface area contributed by atoms with Crippen molar-refractivity contribution in [2.45, 2.75) is 32.1 Å². The van der Waals surface area contributed by atoms with Crippen molar-refractivity contribution in [3.05, 3.63) is 24.3 Å². The summed E-state index contributed by atoms with van der Waals surface area (Å²) in [4.78, 5) is 15.0. The highest BCUT2D eigenvalue weighted by Crippen LogP contribution is 2.24. The van der Waals surface area contributed by atoms with Crippen molar-refractivity contribution >= 4 is 27.5 Å². The van der Waals surface area contributed by atoms with E-state index in [1.807, 2.05) is 24.3 Å². The Kier molecular flexibility index (Phi) is 6.39. The Hall–Kier alpha value is -1.64. The normalized spacial score (nSPS) is 22.0. The highest BCUT2D eigenvalue weighted by Gasteiger charge is 2.33. The second-order valence-corrected chi connectivity index (χ2v) is 9.71. The number of hydrogen-bond donors (Lipinski definition) is 1. The first kappa shape index (κ1) is 20.1. The fourth-order valence-corrected chi connectivity index (χ4v) is 4.94. The highest BCUT2D eigenvalue weighted by molar-refractivity contribution is 7.86. The molecule has 0 saturated carbocycles. The highest BCUT2D eigenvalue weighted by atomic mass is 32.2. The Bertz CT molecular complexity index is 743. The standard InChI is InChI=1S/C19H30N4O3S/c1-21(2)27(25,26)23-14-6-7-16(15-23)19(24)20-17-8-10-18(11-9-17)22-12-4-3-5-13-22/h8-11,16H,3-7,12-15H2,1-2H3,(H,20,24). The van der Waals surface area contributed by atoms with Crippen LogP contribution in [0.25, 0.3) is 0 Å². The molecule has 1 atom stereocenters. The maximum Gasteiger partial charge on any atom is 0.281 e. The monoisotopic (exact) mass is 394 g/mol. The van der Waals surface area contributed by atoms with Crippen LogP contribution in [0.5, 0.6) is 0 Å². The van der Waals surface area contributed by atoms with Crippen molar-refractivity contribution in [3.8, 4) is 0 Å². The van der Waals surface area contributed by atoms with Gasteiger partial charge >= 0.3 is 0 Å². The Labute approximate surface area is 162 Å². The third-order valence-electron chi connectivity index (χ3n) is 5.40. The van der Waals surface area contributed by atoms with Crippen molar-refractivity contribution in [3.63, 3.8) is 0 Å². The molecule has 2 heterocycles. The van der Waals surface area contributed by atoms with Crippen LogP contribution in [0.1, 0.15) is 32.1 Å². The van der Waals surface area contributed by atoms with Crippen LogP contribution in [0.2, 0.25) is 0 Å². The minimum atomic E-state index is -3.48. The molecule has 3 rings (SSSR count). The van der Waals surface area contributed by atoms with Crippen molar-refractivity contribution in [2.24, 2.45) is 5.92 Å². The summed E-state index contributed by atoms with van der Waals surface area (Å²) in [6.07, 6.45) is 5.15. The van der Waals surface area contributed by atoms with Crippen LogP contribution in [0.4, 0.5) is 11.4 Å². The second-order valence-electron chi connectivity index (χ2n) is 7.57. The van der Waals surface area contributed by atoms with Gasteiger partial charge in [0, 0.05) is 51.6 Å². The van der Waals surface area contributed by atoms with Gasteiger partial charge in [0.1, 0.15) is 0 Å². The molecule has 2 saturated heterocycles. The molecule has 0 radical (unpaired) electrons. The summed E-state index contributed by atoms with van der Waals surface area (Å²) in [5.74, 6) is -0.436. The van der Waals surface area contributed by atoms with Gasteiger partial charge in [0.05, 0.1) is 5.92 Å². The van der Waals surface area contributed by atoms with Crippen LogP contribution in [0, 0.1) is 5.92 Å². The molecule has 2 fully saturated rings. The average molecular weight is 395 g/mol. The van der Waals surface area contributed by atoms with E-state index in [4.69, 9.17) is 0 Å². The fraction of sp³-hybridized carbons (Fsp3) is 0.632. The van der Waals surface area contributed by atoms with Gasteiger partial charge in [-0.25, -0.2) is 0 Å². The summed E-state index contributed by atoms with van der Waals surface area (Å²) in [5.41, 5.74) is 1.95. The van der Waals surface area contributed by atoms with Crippen LogP contribution in [0.3, 0.4) is 0 Å². The predicted octanol–water partition coefficient (Wildman–Crippen LogP) is 2.13. The van der Waals surface area contributed by atoms with Crippen molar-refractivity contribution in [2.75, 3.05) is 50.5 Å². The average Bonchev–Trinajstić information content (AvgIpc) is 2.69. The molecule has 1 N–H and O–H groups in total. The van der Waals surface area contributed by atoms with Gasteiger partial charge in [0.15, 0.2) is 0 Å². The number of carbonyl (C=O) groups is 1. The molecule has 1 unspecified atom stereocenters. The zero-order chi connectivity index (χ0) is 19.4. The van der Waals surface area contributed by atoms with E-state index in [9.17, 15) is 13.2 Å². The summed E-state index contributed by atoms with van der Waals surface area (Å²) in [5, 5.41) is 2.95. The van der Waals surface area contributed by atoms with Gasteiger partial charge in [-0.2, -0.15) is 17.0 Å². The third kappa shape index (κ3) is 4.80. The third-order valence-corrected chi connectivity index (χ3v) is 7.31. The zero-order valence-corrected chi connectivity index (χ0v) is 17.0. The summed E-state index contributed by atoms with van der Waals surface area (Å²) >= 11 is 0. The quantitative estimate of drug-likeness (QED) is 0.830. The summed E-state index contributed by atoms with van der Waals surface area (Å²) in [7, 11) is -0.443. The van der Waals surface area contributed by atoms with E-state index in [1.54, 1.807) is 0 Å². The number of rotatable bonds is 5. The topological polar surface area (TPSA) is 73.0 Å². The minimum absolute atomic E-state index is 0.112. The minimum Gasteiger partial charge on any atom is -0.372 e. The number of nitrogens with zero attached hydrogens (tertiary/aromatic N) is 3. The van der Waals surface area contributed by atoms with E-state index in [-0.39, 0.29) is 18.4 Å². The van der Waals surface area contributed by atoms with Crippen LogP contribution in [-0.4, -0.2) is 63.2 Å². The van der Waals surface area contributed by atoms with Crippen molar-refractivity contribution < 1.29 is 13.2 Å². The molecular formula is C19H30N4O3S.